The Bertz CT molecular complexity index is 592. The predicted molar refractivity (Wildman–Crippen MR) is 66.5 cm³/mol. The normalized spacial score (nSPS) is 10.6. The third kappa shape index (κ3) is 2.40. The van der Waals surface area contributed by atoms with Gasteiger partial charge in [-0.25, -0.2) is 14.4 Å². The number of halogens is 3. The molecule has 1 aromatic heterocycles. The fourth-order valence-corrected chi connectivity index (χ4v) is 1.92. The Hall–Kier alpha value is -1.20. The van der Waals surface area contributed by atoms with Gasteiger partial charge in [0.1, 0.15) is 17.4 Å². The van der Waals surface area contributed by atoms with Gasteiger partial charge in [-0.1, -0.05) is 11.6 Å². The Balaban J connectivity index is 2.68. The summed E-state index contributed by atoms with van der Waals surface area (Å²) in [6.07, 6.45) is 1.53. The van der Waals surface area contributed by atoms with Gasteiger partial charge in [-0.2, -0.15) is 0 Å². The highest BCUT2D eigenvalue weighted by Gasteiger charge is 2.14. The molecule has 2 aromatic rings. The van der Waals surface area contributed by atoms with Crippen LogP contribution in [0.25, 0.3) is 11.3 Å². The van der Waals surface area contributed by atoms with Crippen LogP contribution in [0.4, 0.5) is 4.39 Å². The van der Waals surface area contributed by atoms with Gasteiger partial charge in [-0.05, 0) is 35.0 Å². The van der Waals surface area contributed by atoms with E-state index in [2.05, 4.69) is 25.9 Å². The van der Waals surface area contributed by atoms with E-state index in [0.29, 0.717) is 16.0 Å². The molecule has 6 heteroatoms. The Morgan fingerprint density at radius 3 is 2.82 bits per heavy atom. The number of hydrogen-bond donors (Lipinski definition) is 1. The zero-order valence-corrected chi connectivity index (χ0v) is 11.0. The number of aromatic nitrogens is 2. The van der Waals surface area contributed by atoms with Crippen LogP contribution < -0.4 is 0 Å². The van der Waals surface area contributed by atoms with Gasteiger partial charge in [0.15, 0.2) is 0 Å². The molecule has 0 saturated heterocycles. The SMILES string of the molecule is Cc1ncc(Br)c(-c2cc(O)c(Cl)cc2F)n1. The molecule has 2 rings (SSSR count). The average Bonchev–Trinajstić information content (AvgIpc) is 2.27. The maximum Gasteiger partial charge on any atom is 0.135 e. The maximum absolute atomic E-state index is 13.8. The quantitative estimate of drug-likeness (QED) is 0.872. The summed E-state index contributed by atoms with van der Waals surface area (Å²) in [5.41, 5.74) is 0.547. The fourth-order valence-electron chi connectivity index (χ4n) is 1.36. The van der Waals surface area contributed by atoms with Crippen LogP contribution in [0.5, 0.6) is 5.75 Å². The summed E-state index contributed by atoms with van der Waals surface area (Å²) in [7, 11) is 0. The van der Waals surface area contributed by atoms with Crippen LogP contribution in [-0.4, -0.2) is 15.1 Å². The van der Waals surface area contributed by atoms with Crippen LogP contribution in [0.1, 0.15) is 5.82 Å². The minimum absolute atomic E-state index is 0.0341. The topological polar surface area (TPSA) is 46.0 Å². The zero-order chi connectivity index (χ0) is 12.6. The molecule has 88 valence electrons. The molecule has 0 unspecified atom stereocenters. The number of benzene rings is 1. The summed E-state index contributed by atoms with van der Waals surface area (Å²) in [4.78, 5) is 8.09. The maximum atomic E-state index is 13.8. The number of rotatable bonds is 1. The van der Waals surface area contributed by atoms with Crippen molar-refractivity contribution < 1.29 is 9.50 Å². The molecule has 0 radical (unpaired) electrons. The summed E-state index contributed by atoms with van der Waals surface area (Å²) in [6, 6.07) is 2.29. The van der Waals surface area contributed by atoms with Crippen LogP contribution in [0.3, 0.4) is 0 Å². The second-order valence-corrected chi connectivity index (χ2v) is 4.66. The molecule has 1 heterocycles. The summed E-state index contributed by atoms with van der Waals surface area (Å²) in [6.45, 7) is 1.70. The van der Waals surface area contributed by atoms with Crippen LogP contribution >= 0.6 is 27.5 Å². The van der Waals surface area contributed by atoms with Crippen LogP contribution in [0.2, 0.25) is 5.02 Å². The Morgan fingerprint density at radius 2 is 2.12 bits per heavy atom. The molecular weight excluding hydrogens is 310 g/mol. The van der Waals surface area contributed by atoms with Gasteiger partial charge in [0, 0.05) is 11.8 Å². The third-order valence-electron chi connectivity index (χ3n) is 2.16. The Morgan fingerprint density at radius 1 is 1.41 bits per heavy atom. The lowest BCUT2D eigenvalue weighted by atomic mass is 10.1. The van der Waals surface area contributed by atoms with E-state index in [4.69, 9.17) is 11.6 Å². The average molecular weight is 318 g/mol. The van der Waals surface area contributed by atoms with Crippen molar-refractivity contribution >= 4 is 27.5 Å². The van der Waals surface area contributed by atoms with E-state index < -0.39 is 5.82 Å². The van der Waals surface area contributed by atoms with E-state index in [1.807, 2.05) is 0 Å². The third-order valence-corrected chi connectivity index (χ3v) is 3.04. The number of aryl methyl sites for hydroxylation is 1. The highest BCUT2D eigenvalue weighted by Crippen LogP contribution is 2.34. The van der Waals surface area contributed by atoms with Crippen molar-refractivity contribution in [1.29, 1.82) is 0 Å². The van der Waals surface area contributed by atoms with Gasteiger partial charge in [-0.3, -0.25) is 0 Å². The molecule has 0 amide bonds. The molecule has 0 spiro atoms. The van der Waals surface area contributed by atoms with Crippen LogP contribution in [0.15, 0.2) is 22.8 Å². The predicted octanol–water partition coefficient (Wildman–Crippen LogP) is 3.71. The summed E-state index contributed by atoms with van der Waals surface area (Å²) in [5, 5.41) is 9.45. The molecule has 0 aliphatic rings. The highest BCUT2D eigenvalue weighted by atomic mass is 79.9. The van der Waals surface area contributed by atoms with Crippen molar-refractivity contribution in [1.82, 2.24) is 9.97 Å². The molecule has 17 heavy (non-hydrogen) atoms. The molecule has 1 aromatic carbocycles. The number of hydrogen-bond acceptors (Lipinski definition) is 3. The molecule has 3 nitrogen and oxygen atoms in total. The lowest BCUT2D eigenvalue weighted by molar-refractivity contribution is 0.474. The first-order valence-electron chi connectivity index (χ1n) is 4.66. The standard InChI is InChI=1S/C11H7BrClFN2O/c1-5-15-4-7(12)11(16-5)6-2-10(17)8(13)3-9(6)14/h2-4,17H,1H3. The van der Waals surface area contributed by atoms with Gasteiger partial charge in [0.2, 0.25) is 0 Å². The molecule has 1 N–H and O–H groups in total. The second kappa shape index (κ2) is 4.58. The minimum atomic E-state index is -0.549. The number of phenolic OH excluding ortho intramolecular Hbond substituents is 1. The van der Waals surface area contributed by atoms with Crippen LogP contribution in [0, 0.1) is 12.7 Å². The highest BCUT2D eigenvalue weighted by molar-refractivity contribution is 9.10. The first-order valence-corrected chi connectivity index (χ1v) is 5.83. The Labute approximate surface area is 110 Å². The van der Waals surface area contributed by atoms with E-state index in [9.17, 15) is 9.50 Å². The molecule has 0 aliphatic carbocycles. The number of nitrogens with zero attached hydrogens (tertiary/aromatic N) is 2. The van der Waals surface area contributed by atoms with Gasteiger partial charge >= 0.3 is 0 Å². The first kappa shape index (κ1) is 12.3. The Kier molecular flexibility index (Phi) is 3.31. The molecule has 0 bridgehead atoms. The van der Waals surface area contributed by atoms with Crippen molar-refractivity contribution in [3.63, 3.8) is 0 Å². The van der Waals surface area contributed by atoms with Crippen molar-refractivity contribution in [3.8, 4) is 17.0 Å². The molecule has 0 atom stereocenters. The fraction of sp³-hybridized carbons (Fsp3) is 0.0909. The van der Waals surface area contributed by atoms with E-state index >= 15 is 0 Å². The molecule has 0 fully saturated rings. The van der Waals surface area contributed by atoms with Gasteiger partial charge < -0.3 is 5.11 Å². The minimum Gasteiger partial charge on any atom is -0.506 e. The van der Waals surface area contributed by atoms with Gasteiger partial charge in [0.25, 0.3) is 0 Å². The number of phenols is 1. The second-order valence-electron chi connectivity index (χ2n) is 3.40. The lowest BCUT2D eigenvalue weighted by Gasteiger charge is -2.07. The van der Waals surface area contributed by atoms with Crippen molar-refractivity contribution in [2.24, 2.45) is 0 Å². The van der Waals surface area contributed by atoms with E-state index in [1.54, 1.807) is 6.92 Å². The summed E-state index contributed by atoms with van der Waals surface area (Å²) >= 11 is 8.85. The zero-order valence-electron chi connectivity index (χ0n) is 8.71. The molecular formula is C11H7BrClFN2O. The molecule has 0 saturated carbocycles. The van der Waals surface area contributed by atoms with E-state index in [-0.39, 0.29) is 16.3 Å². The van der Waals surface area contributed by atoms with Gasteiger partial charge in [-0.15, -0.1) is 0 Å². The lowest BCUT2D eigenvalue weighted by Crippen LogP contribution is -1.94. The van der Waals surface area contributed by atoms with Crippen molar-refractivity contribution in [2.75, 3.05) is 0 Å². The largest absolute Gasteiger partial charge is 0.506 e. The van der Waals surface area contributed by atoms with E-state index in [1.165, 1.54) is 12.3 Å². The number of aromatic hydroxyl groups is 1. The summed E-state index contributed by atoms with van der Waals surface area (Å²) in [5.74, 6) is -0.227. The smallest absolute Gasteiger partial charge is 0.135 e. The monoisotopic (exact) mass is 316 g/mol. The van der Waals surface area contributed by atoms with Crippen molar-refractivity contribution in [3.05, 3.63) is 39.5 Å². The van der Waals surface area contributed by atoms with Crippen molar-refractivity contribution in [2.45, 2.75) is 6.92 Å². The first-order chi connectivity index (χ1) is 7.99. The van der Waals surface area contributed by atoms with Crippen LogP contribution in [-0.2, 0) is 0 Å². The van der Waals surface area contributed by atoms with E-state index in [0.717, 1.165) is 6.07 Å². The summed E-state index contributed by atoms with van der Waals surface area (Å²) < 4.78 is 14.3. The molecule has 0 aliphatic heterocycles. The van der Waals surface area contributed by atoms with Gasteiger partial charge in [0.05, 0.1) is 15.2 Å².